The van der Waals surface area contributed by atoms with E-state index in [9.17, 15) is 20.2 Å². The van der Waals surface area contributed by atoms with E-state index in [4.69, 9.17) is 9.97 Å². The summed E-state index contributed by atoms with van der Waals surface area (Å²) < 4.78 is 0. The van der Waals surface area contributed by atoms with Crippen molar-refractivity contribution in [2.45, 2.75) is 209 Å². The molecule has 9 rings (SSSR count). The Morgan fingerprint density at radius 3 is 0.802 bits per heavy atom. The Bertz CT molecular complexity index is 4050. The zero-order chi connectivity index (χ0) is 63.7. The molecule has 0 amide bonds. The van der Waals surface area contributed by atoms with Crippen LogP contribution in [0.5, 0.6) is 0 Å². The van der Waals surface area contributed by atoms with Crippen LogP contribution in [0.4, 0.5) is 0 Å². The molecule has 8 bridgehead atoms. The standard InChI is InChI=1S/C76H92N6O4/c1-69(2,3)47-31-43(32-48(39-47)70(4,5)6)61-55-25-26-56(77-55)62(44-33-49(71(7,8)9)40-50(34-44)72(10,11)12)58-28-30-60(79-58)64(46-37-53(75(19,20)21)42-54(38-46)76(22,23)24)66-68(82(85)86)67(81(83)84)65(80-66)63(59-29-27-57(61)78-59)45-35-51(73(13,14)15)41-52(36-45)74(16,17)18/h25-42,77-78H,1-24H3. The number of nitrogens with zero attached hydrogens (tertiary/aromatic N) is 4. The summed E-state index contributed by atoms with van der Waals surface area (Å²) in [5.41, 5.74) is 14.1. The van der Waals surface area contributed by atoms with E-state index in [0.29, 0.717) is 39.2 Å². The van der Waals surface area contributed by atoms with E-state index in [1.54, 1.807) is 0 Å². The van der Waals surface area contributed by atoms with E-state index in [1.807, 2.05) is 24.3 Å². The maximum Gasteiger partial charge on any atom is 0.374 e. The van der Waals surface area contributed by atoms with Crippen molar-refractivity contribution in [1.29, 1.82) is 0 Å². The molecule has 2 aliphatic rings. The predicted octanol–water partition coefficient (Wildman–Crippen LogP) is 20.9. The van der Waals surface area contributed by atoms with E-state index < -0.39 is 21.2 Å². The average Bonchev–Trinajstić information content (AvgIpc) is 1.57. The summed E-state index contributed by atoms with van der Waals surface area (Å²) in [6.07, 6.45) is 3.89. The highest BCUT2D eigenvalue weighted by Gasteiger charge is 2.44. The molecule has 5 heterocycles. The fraction of sp³-hybridized carbons (Fsp3) is 0.421. The quantitative estimate of drug-likeness (QED) is 0.125. The number of fused-ring (bicyclic) bond motifs is 8. The van der Waals surface area contributed by atoms with Gasteiger partial charge in [0, 0.05) is 44.3 Å². The lowest BCUT2D eigenvalue weighted by atomic mass is 9.78. The van der Waals surface area contributed by atoms with Gasteiger partial charge >= 0.3 is 11.4 Å². The second kappa shape index (κ2) is 21.0. The van der Waals surface area contributed by atoms with Crippen molar-refractivity contribution in [3.05, 3.63) is 185 Å². The lowest BCUT2D eigenvalue weighted by Gasteiger charge is -2.26. The zero-order valence-corrected chi connectivity index (χ0v) is 55.8. The summed E-state index contributed by atoms with van der Waals surface area (Å²) >= 11 is 0. The summed E-state index contributed by atoms with van der Waals surface area (Å²) in [5, 5.41) is 28.7. The predicted molar refractivity (Wildman–Crippen MR) is 362 cm³/mol. The van der Waals surface area contributed by atoms with Gasteiger partial charge in [0.1, 0.15) is 0 Å². The van der Waals surface area contributed by atoms with Gasteiger partial charge in [0.2, 0.25) is 0 Å². The van der Waals surface area contributed by atoms with Crippen LogP contribution in [0.1, 0.15) is 233 Å². The van der Waals surface area contributed by atoms with Gasteiger partial charge in [0.25, 0.3) is 0 Å². The zero-order valence-electron chi connectivity index (χ0n) is 55.8. The Labute approximate surface area is 511 Å². The van der Waals surface area contributed by atoms with Crippen LogP contribution in [-0.2, 0) is 43.3 Å². The Morgan fingerprint density at radius 1 is 0.302 bits per heavy atom. The van der Waals surface area contributed by atoms with Gasteiger partial charge in [-0.2, -0.15) is 0 Å². The molecule has 2 aliphatic heterocycles. The molecule has 0 radical (unpaired) electrons. The van der Waals surface area contributed by atoms with Crippen LogP contribution in [0.3, 0.4) is 0 Å². The normalized spacial score (nSPS) is 13.9. The number of aromatic amines is 2. The van der Waals surface area contributed by atoms with Crippen molar-refractivity contribution in [3.63, 3.8) is 0 Å². The summed E-state index contributed by atoms with van der Waals surface area (Å²) in [5.74, 6) is 0. The number of hydrogen-bond acceptors (Lipinski definition) is 6. The third-order valence-electron chi connectivity index (χ3n) is 17.2. The summed E-state index contributed by atoms with van der Waals surface area (Å²) in [6, 6.07) is 34.7. The van der Waals surface area contributed by atoms with Gasteiger partial charge in [-0.15, -0.1) is 0 Å². The maximum atomic E-state index is 14.3. The molecule has 0 atom stereocenters. The van der Waals surface area contributed by atoms with Crippen LogP contribution in [0.15, 0.2) is 97.1 Å². The number of hydrogen-bond donors (Lipinski definition) is 2. The summed E-state index contributed by atoms with van der Waals surface area (Å²) in [4.78, 5) is 46.4. The first-order valence-electron chi connectivity index (χ1n) is 30.5. The molecule has 0 saturated heterocycles. The van der Waals surface area contributed by atoms with Gasteiger partial charge in [-0.25, -0.2) is 9.97 Å². The van der Waals surface area contributed by atoms with E-state index in [0.717, 1.165) is 72.2 Å². The first-order chi connectivity index (χ1) is 39.3. The first kappa shape index (κ1) is 62.8. The molecule has 0 saturated carbocycles. The molecule has 86 heavy (non-hydrogen) atoms. The highest BCUT2D eigenvalue weighted by Crippen LogP contribution is 2.48. The molecule has 450 valence electrons. The van der Waals surface area contributed by atoms with Crippen molar-refractivity contribution >= 4 is 45.6 Å². The van der Waals surface area contributed by atoms with Gasteiger partial charge in [0.15, 0.2) is 11.4 Å². The summed E-state index contributed by atoms with van der Waals surface area (Å²) in [7, 11) is 0. The van der Waals surface area contributed by atoms with Crippen LogP contribution >= 0.6 is 0 Å². The monoisotopic (exact) mass is 1150 g/mol. The van der Waals surface area contributed by atoms with Gasteiger partial charge in [-0.05, 0) is 146 Å². The fourth-order valence-corrected chi connectivity index (χ4v) is 11.4. The lowest BCUT2D eigenvalue weighted by Crippen LogP contribution is -2.16. The molecule has 10 nitrogen and oxygen atoms in total. The van der Waals surface area contributed by atoms with Gasteiger partial charge in [0.05, 0.1) is 21.2 Å². The second-order valence-electron chi connectivity index (χ2n) is 32.5. The number of aromatic nitrogens is 4. The van der Waals surface area contributed by atoms with Crippen molar-refractivity contribution in [2.24, 2.45) is 0 Å². The Hall–Kier alpha value is -7.72. The van der Waals surface area contributed by atoms with E-state index in [1.165, 1.54) is 11.1 Å². The molecule has 4 aromatic carbocycles. The molecule has 10 heteroatoms. The third-order valence-corrected chi connectivity index (χ3v) is 17.2. The van der Waals surface area contributed by atoms with E-state index >= 15 is 0 Å². The molecule has 7 aromatic rings. The van der Waals surface area contributed by atoms with Gasteiger partial charge < -0.3 is 9.97 Å². The lowest BCUT2D eigenvalue weighted by molar-refractivity contribution is -0.405. The van der Waals surface area contributed by atoms with Crippen molar-refractivity contribution < 1.29 is 9.85 Å². The summed E-state index contributed by atoms with van der Waals surface area (Å²) in [6.45, 7) is 52.6. The van der Waals surface area contributed by atoms with Gasteiger partial charge in [-0.1, -0.05) is 239 Å². The van der Waals surface area contributed by atoms with Crippen molar-refractivity contribution in [2.75, 3.05) is 0 Å². The number of H-pyrrole nitrogens is 2. The highest BCUT2D eigenvalue weighted by atomic mass is 16.6. The molecule has 0 fully saturated rings. The minimum Gasteiger partial charge on any atom is -0.354 e. The Morgan fingerprint density at radius 2 is 0.523 bits per heavy atom. The molecule has 3 aromatic heterocycles. The molecular formula is C76H92N6O4. The SMILES string of the molecule is CC(C)(C)c1cc(-c2c3nc(c(-c4cc(C(C)(C)C)cc(C(C)(C)C)c4)c4ccc([nH]4)c(-c4cc(C(C)(C)C)cc(C(C)(C)C)c4)c4ccc([nH]4)c(-c4cc(C(C)(C)C)cc(C(C)(C)C)c4)c4nc2C([N+](=O)[O-])=C4[N+](=O)[O-])C=C3)cc(C(C)(C)C)c1. The highest BCUT2D eigenvalue weighted by molar-refractivity contribution is 6.03. The van der Waals surface area contributed by atoms with E-state index in [-0.39, 0.29) is 54.7 Å². The minimum atomic E-state index is -0.703. The number of benzene rings is 4. The number of nitro groups is 2. The minimum absolute atomic E-state index is 0.121. The molecule has 0 spiro atoms. The van der Waals surface area contributed by atoms with Crippen LogP contribution in [-0.4, -0.2) is 29.8 Å². The average molecular weight is 1150 g/mol. The van der Waals surface area contributed by atoms with Crippen LogP contribution < -0.4 is 0 Å². The smallest absolute Gasteiger partial charge is 0.354 e. The topological polar surface area (TPSA) is 144 Å². The Kier molecular flexibility index (Phi) is 15.3. The molecule has 0 aliphatic carbocycles. The molecular weight excluding hydrogens is 1060 g/mol. The molecule has 2 N–H and O–H groups in total. The fourth-order valence-electron chi connectivity index (χ4n) is 11.4. The van der Waals surface area contributed by atoms with Crippen LogP contribution in [0, 0.1) is 20.2 Å². The molecule has 0 unspecified atom stereocenters. The van der Waals surface area contributed by atoms with Gasteiger partial charge in [-0.3, -0.25) is 20.2 Å². The van der Waals surface area contributed by atoms with Crippen molar-refractivity contribution in [3.8, 4) is 44.5 Å². The maximum absolute atomic E-state index is 14.3. The third kappa shape index (κ3) is 12.3. The number of nitrogens with one attached hydrogen (secondary N) is 2. The van der Waals surface area contributed by atoms with E-state index in [2.05, 4.69) is 261 Å². The number of rotatable bonds is 6. The first-order valence-corrected chi connectivity index (χ1v) is 30.5. The van der Waals surface area contributed by atoms with Crippen LogP contribution in [0.2, 0.25) is 0 Å². The largest absolute Gasteiger partial charge is 0.374 e. The van der Waals surface area contributed by atoms with Crippen LogP contribution in [0.25, 0.3) is 90.1 Å². The second-order valence-corrected chi connectivity index (χ2v) is 32.5. The van der Waals surface area contributed by atoms with Crippen molar-refractivity contribution in [1.82, 2.24) is 19.9 Å². The Balaban J connectivity index is 1.66.